The molecule has 0 aliphatic heterocycles. The molecule has 2 atom stereocenters. The standard InChI is InChI=1S/C32H46N2O2/c1-5-11-23-17-25(13-7-3)31(35)27(19-23)21-33-29-15-9-10-16-30(29)34-22-28-20-24(12-6-2)18-26(14-8-4)32(28)36/h17-22,29-30,35-36H,5-16H2,1-4H3. The normalized spacial score (nSPS) is 18.4. The average Bonchev–Trinajstić information content (AvgIpc) is 2.87. The lowest BCUT2D eigenvalue weighted by atomic mass is 9.91. The highest BCUT2D eigenvalue weighted by Gasteiger charge is 2.23. The van der Waals surface area contributed by atoms with Gasteiger partial charge < -0.3 is 10.2 Å². The van der Waals surface area contributed by atoms with Crippen LogP contribution in [0, 0.1) is 0 Å². The number of aryl methyl sites for hydroxylation is 4. The quantitative estimate of drug-likeness (QED) is 0.299. The molecule has 0 radical (unpaired) electrons. The minimum Gasteiger partial charge on any atom is -0.507 e. The Bertz CT molecular complexity index is 957. The van der Waals surface area contributed by atoms with Crippen LogP contribution in [0.25, 0.3) is 0 Å². The van der Waals surface area contributed by atoms with Crippen LogP contribution in [-0.4, -0.2) is 34.7 Å². The van der Waals surface area contributed by atoms with Crippen LogP contribution < -0.4 is 0 Å². The van der Waals surface area contributed by atoms with E-state index in [1.54, 1.807) is 0 Å². The maximum absolute atomic E-state index is 10.9. The third-order valence-electron chi connectivity index (χ3n) is 7.18. The molecule has 3 rings (SSSR count). The number of hydrogen-bond donors (Lipinski definition) is 2. The van der Waals surface area contributed by atoms with Crippen LogP contribution in [-0.2, 0) is 25.7 Å². The van der Waals surface area contributed by atoms with E-state index >= 15 is 0 Å². The van der Waals surface area contributed by atoms with Crippen molar-refractivity contribution in [2.45, 2.75) is 117 Å². The molecule has 4 nitrogen and oxygen atoms in total. The lowest BCUT2D eigenvalue weighted by molar-refractivity contribution is 0.390. The summed E-state index contributed by atoms with van der Waals surface area (Å²) in [4.78, 5) is 9.93. The molecule has 0 aromatic heterocycles. The van der Waals surface area contributed by atoms with Gasteiger partial charge in [-0.3, -0.25) is 9.98 Å². The van der Waals surface area contributed by atoms with Gasteiger partial charge in [-0.1, -0.05) is 78.4 Å². The zero-order chi connectivity index (χ0) is 25.9. The Hall–Kier alpha value is -2.62. The molecule has 0 bridgehead atoms. The fourth-order valence-corrected chi connectivity index (χ4v) is 5.35. The molecule has 1 saturated carbocycles. The van der Waals surface area contributed by atoms with Gasteiger partial charge in [-0.15, -0.1) is 0 Å². The second-order valence-corrected chi connectivity index (χ2v) is 10.4. The molecule has 1 fully saturated rings. The fourth-order valence-electron chi connectivity index (χ4n) is 5.35. The highest BCUT2D eigenvalue weighted by Crippen LogP contribution is 2.29. The Morgan fingerprint density at radius 2 is 1.03 bits per heavy atom. The van der Waals surface area contributed by atoms with Crippen molar-refractivity contribution >= 4 is 12.4 Å². The Morgan fingerprint density at radius 1 is 0.639 bits per heavy atom. The molecule has 1 aliphatic rings. The van der Waals surface area contributed by atoms with Crippen molar-refractivity contribution in [2.24, 2.45) is 9.98 Å². The van der Waals surface area contributed by atoms with Crippen molar-refractivity contribution in [3.05, 3.63) is 57.6 Å². The van der Waals surface area contributed by atoms with Gasteiger partial charge in [0, 0.05) is 23.6 Å². The van der Waals surface area contributed by atoms with E-state index < -0.39 is 0 Å². The van der Waals surface area contributed by atoms with Gasteiger partial charge in [0.1, 0.15) is 11.5 Å². The Balaban J connectivity index is 1.85. The summed E-state index contributed by atoms with van der Waals surface area (Å²) in [6, 6.07) is 8.67. The second kappa shape index (κ2) is 14.2. The molecule has 36 heavy (non-hydrogen) atoms. The van der Waals surface area contributed by atoms with Crippen LogP contribution in [0.4, 0.5) is 0 Å². The number of rotatable bonds is 12. The first-order valence-corrected chi connectivity index (χ1v) is 14.3. The number of hydrogen-bond acceptors (Lipinski definition) is 4. The SMILES string of the molecule is CCCc1cc(C=NC2CCCCC2N=Cc2cc(CCC)cc(CCC)c2O)c(O)c(CCC)c1. The first kappa shape index (κ1) is 28.0. The topological polar surface area (TPSA) is 65.2 Å². The molecule has 2 aromatic rings. The molecule has 4 heteroatoms. The van der Waals surface area contributed by atoms with Gasteiger partial charge in [-0.25, -0.2) is 0 Å². The number of aliphatic imine (C=N–C) groups is 2. The highest BCUT2D eigenvalue weighted by molar-refractivity contribution is 5.85. The van der Waals surface area contributed by atoms with Crippen molar-refractivity contribution in [3.63, 3.8) is 0 Å². The smallest absolute Gasteiger partial charge is 0.127 e. The minimum absolute atomic E-state index is 0.0925. The molecule has 196 valence electrons. The summed E-state index contributed by atoms with van der Waals surface area (Å²) in [6.45, 7) is 8.66. The molecule has 1 aliphatic carbocycles. The Kier molecular flexibility index (Phi) is 11.0. The zero-order valence-electron chi connectivity index (χ0n) is 22.9. The summed E-state index contributed by atoms with van der Waals surface area (Å²) in [6.07, 6.45) is 16.0. The first-order valence-electron chi connectivity index (χ1n) is 14.3. The van der Waals surface area contributed by atoms with Crippen molar-refractivity contribution in [3.8, 4) is 11.5 Å². The Labute approximate surface area is 218 Å². The lowest BCUT2D eigenvalue weighted by Crippen LogP contribution is -2.27. The fraction of sp³-hybridized carbons (Fsp3) is 0.562. The van der Waals surface area contributed by atoms with Crippen molar-refractivity contribution in [1.82, 2.24) is 0 Å². The summed E-state index contributed by atoms with van der Waals surface area (Å²) in [7, 11) is 0. The summed E-state index contributed by atoms with van der Waals surface area (Å²) in [5, 5.41) is 21.8. The van der Waals surface area contributed by atoms with E-state index in [0.29, 0.717) is 11.5 Å². The van der Waals surface area contributed by atoms with E-state index in [4.69, 9.17) is 9.98 Å². The number of benzene rings is 2. The van der Waals surface area contributed by atoms with E-state index in [-0.39, 0.29) is 12.1 Å². The summed E-state index contributed by atoms with van der Waals surface area (Å²) >= 11 is 0. The van der Waals surface area contributed by atoms with E-state index in [1.165, 1.54) is 11.1 Å². The molecule has 2 aromatic carbocycles. The van der Waals surface area contributed by atoms with Gasteiger partial charge in [0.2, 0.25) is 0 Å². The highest BCUT2D eigenvalue weighted by atomic mass is 16.3. The zero-order valence-corrected chi connectivity index (χ0v) is 22.9. The van der Waals surface area contributed by atoms with Crippen LogP contribution >= 0.6 is 0 Å². The predicted molar refractivity (Wildman–Crippen MR) is 153 cm³/mol. The molecule has 2 unspecified atom stereocenters. The number of phenols is 2. The monoisotopic (exact) mass is 490 g/mol. The largest absolute Gasteiger partial charge is 0.507 e. The number of phenolic OH excluding ortho intramolecular Hbond substituents is 2. The maximum atomic E-state index is 10.9. The minimum atomic E-state index is 0.0925. The van der Waals surface area contributed by atoms with E-state index in [0.717, 1.165) is 99.3 Å². The third-order valence-corrected chi connectivity index (χ3v) is 7.18. The van der Waals surface area contributed by atoms with Crippen LogP contribution in [0.3, 0.4) is 0 Å². The molecular weight excluding hydrogens is 444 g/mol. The summed E-state index contributed by atoms with van der Waals surface area (Å²) < 4.78 is 0. The van der Waals surface area contributed by atoms with Crippen LogP contribution in [0.5, 0.6) is 11.5 Å². The van der Waals surface area contributed by atoms with Crippen LogP contribution in [0.15, 0.2) is 34.3 Å². The van der Waals surface area contributed by atoms with Gasteiger partial charge in [0.05, 0.1) is 12.1 Å². The van der Waals surface area contributed by atoms with Crippen LogP contribution in [0.1, 0.15) is 112 Å². The van der Waals surface area contributed by atoms with E-state index in [2.05, 4.69) is 52.0 Å². The molecule has 0 heterocycles. The number of aromatic hydroxyl groups is 2. The number of nitrogens with zero attached hydrogens (tertiary/aromatic N) is 2. The van der Waals surface area contributed by atoms with Crippen molar-refractivity contribution < 1.29 is 10.2 Å². The molecular formula is C32H46N2O2. The van der Waals surface area contributed by atoms with Crippen molar-refractivity contribution in [1.29, 1.82) is 0 Å². The third kappa shape index (κ3) is 7.44. The van der Waals surface area contributed by atoms with Gasteiger partial charge >= 0.3 is 0 Å². The van der Waals surface area contributed by atoms with Crippen LogP contribution in [0.2, 0.25) is 0 Å². The maximum Gasteiger partial charge on any atom is 0.127 e. The van der Waals surface area contributed by atoms with Gasteiger partial charge in [-0.05, 0) is 72.9 Å². The van der Waals surface area contributed by atoms with Gasteiger partial charge in [0.25, 0.3) is 0 Å². The molecule has 0 saturated heterocycles. The first-order chi connectivity index (χ1) is 17.5. The van der Waals surface area contributed by atoms with E-state index in [1.807, 2.05) is 12.4 Å². The van der Waals surface area contributed by atoms with Gasteiger partial charge in [-0.2, -0.15) is 0 Å². The Morgan fingerprint density at radius 3 is 1.39 bits per heavy atom. The summed E-state index contributed by atoms with van der Waals surface area (Å²) in [5.41, 5.74) is 6.23. The van der Waals surface area contributed by atoms with Crippen molar-refractivity contribution in [2.75, 3.05) is 0 Å². The van der Waals surface area contributed by atoms with E-state index in [9.17, 15) is 10.2 Å². The second-order valence-electron chi connectivity index (χ2n) is 10.4. The average molecular weight is 491 g/mol. The van der Waals surface area contributed by atoms with Gasteiger partial charge in [0.15, 0.2) is 0 Å². The molecule has 0 amide bonds. The molecule has 0 spiro atoms. The predicted octanol–water partition coefficient (Wildman–Crippen LogP) is 7.76. The summed E-state index contributed by atoms with van der Waals surface area (Å²) in [5.74, 6) is 0.745. The molecule has 2 N–H and O–H groups in total. The lowest BCUT2D eigenvalue weighted by Gasteiger charge is -2.25.